The summed E-state index contributed by atoms with van der Waals surface area (Å²) in [7, 11) is 0. The van der Waals surface area contributed by atoms with E-state index in [4.69, 9.17) is 0 Å². The number of nitrogens with one attached hydrogen (secondary N) is 1. The molecule has 4 nitrogen and oxygen atoms in total. The number of hydrogen-bond donors (Lipinski definition) is 1. The summed E-state index contributed by atoms with van der Waals surface area (Å²) in [5.74, 6) is -0.804. The molecule has 0 saturated heterocycles. The molecule has 2 saturated carbocycles. The van der Waals surface area contributed by atoms with Crippen molar-refractivity contribution in [3.05, 3.63) is 58.0 Å². The van der Waals surface area contributed by atoms with Crippen molar-refractivity contribution in [2.24, 2.45) is 0 Å². The molecule has 1 heterocycles. The molecule has 2 amide bonds. The topological polar surface area (TPSA) is 49.4 Å². The SMILES string of the molecule is O=C(NC1CCCCC1)C(c1ccccc1F)N(C(=O)Cc1cccs1)C1CC1. The van der Waals surface area contributed by atoms with Crippen LogP contribution in [-0.4, -0.2) is 28.8 Å². The summed E-state index contributed by atoms with van der Waals surface area (Å²) in [5.41, 5.74) is 0.284. The monoisotopic (exact) mass is 414 g/mol. The zero-order valence-electron chi connectivity index (χ0n) is 16.5. The van der Waals surface area contributed by atoms with Gasteiger partial charge in [-0.05, 0) is 43.2 Å². The van der Waals surface area contributed by atoms with E-state index in [1.165, 1.54) is 23.8 Å². The summed E-state index contributed by atoms with van der Waals surface area (Å²) < 4.78 is 14.7. The van der Waals surface area contributed by atoms with Crippen molar-refractivity contribution < 1.29 is 14.0 Å². The quantitative estimate of drug-likeness (QED) is 0.719. The third kappa shape index (κ3) is 4.86. The van der Waals surface area contributed by atoms with Gasteiger partial charge in [-0.1, -0.05) is 43.5 Å². The van der Waals surface area contributed by atoms with E-state index in [1.807, 2.05) is 17.5 Å². The van der Waals surface area contributed by atoms with Gasteiger partial charge in [0.25, 0.3) is 0 Å². The number of nitrogens with zero attached hydrogens (tertiary/aromatic N) is 1. The van der Waals surface area contributed by atoms with Gasteiger partial charge in [-0.15, -0.1) is 11.3 Å². The predicted molar refractivity (Wildman–Crippen MR) is 112 cm³/mol. The van der Waals surface area contributed by atoms with E-state index in [9.17, 15) is 14.0 Å². The molecule has 0 radical (unpaired) electrons. The summed E-state index contributed by atoms with van der Waals surface area (Å²) in [5, 5.41) is 5.06. The molecular formula is C23H27FN2O2S. The number of rotatable bonds is 7. The highest BCUT2D eigenvalue weighted by Crippen LogP contribution is 2.36. The molecular weight excluding hydrogens is 387 g/mol. The third-order valence-corrected chi connectivity index (χ3v) is 6.69. The molecule has 6 heteroatoms. The first kappa shape index (κ1) is 20.1. The third-order valence-electron chi connectivity index (χ3n) is 5.81. The first-order chi connectivity index (χ1) is 14.1. The molecule has 2 aromatic rings. The van der Waals surface area contributed by atoms with Crippen LogP contribution in [0.4, 0.5) is 4.39 Å². The average molecular weight is 415 g/mol. The minimum Gasteiger partial charge on any atom is -0.351 e. The lowest BCUT2D eigenvalue weighted by Gasteiger charge is -2.33. The van der Waals surface area contributed by atoms with Crippen molar-refractivity contribution in [3.8, 4) is 0 Å². The molecule has 0 bridgehead atoms. The fraction of sp³-hybridized carbons (Fsp3) is 0.478. The van der Waals surface area contributed by atoms with E-state index < -0.39 is 11.9 Å². The van der Waals surface area contributed by atoms with Crippen molar-refractivity contribution in [2.45, 2.75) is 69.5 Å². The van der Waals surface area contributed by atoms with Crippen LogP contribution in [0.3, 0.4) is 0 Å². The fourth-order valence-corrected chi connectivity index (χ4v) is 4.90. The van der Waals surface area contributed by atoms with Gasteiger partial charge in [-0.25, -0.2) is 4.39 Å². The second-order valence-electron chi connectivity index (χ2n) is 8.06. The molecule has 1 aromatic carbocycles. The van der Waals surface area contributed by atoms with Gasteiger partial charge in [0.1, 0.15) is 11.9 Å². The standard InChI is InChI=1S/C23H27FN2O2S/c24-20-11-5-4-10-19(20)22(23(28)25-16-7-2-1-3-8-16)26(17-12-13-17)21(27)15-18-9-6-14-29-18/h4-6,9-11,14,16-17,22H,1-3,7-8,12-13,15H2,(H,25,28). The molecule has 29 heavy (non-hydrogen) atoms. The molecule has 2 fully saturated rings. The van der Waals surface area contributed by atoms with E-state index in [2.05, 4.69) is 5.32 Å². The highest BCUT2D eigenvalue weighted by Gasteiger charge is 2.42. The maximum Gasteiger partial charge on any atom is 0.247 e. The van der Waals surface area contributed by atoms with E-state index >= 15 is 0 Å². The normalized spacial score (nSPS) is 18.2. The maximum atomic E-state index is 14.7. The Bertz CT molecular complexity index is 844. The van der Waals surface area contributed by atoms with Gasteiger partial charge in [-0.3, -0.25) is 9.59 Å². The lowest BCUT2D eigenvalue weighted by atomic mass is 9.94. The summed E-state index contributed by atoms with van der Waals surface area (Å²) in [6.45, 7) is 0. The number of benzene rings is 1. The van der Waals surface area contributed by atoms with Crippen molar-refractivity contribution >= 4 is 23.2 Å². The summed E-state index contributed by atoms with van der Waals surface area (Å²) in [6.07, 6.45) is 7.24. The maximum absolute atomic E-state index is 14.7. The summed E-state index contributed by atoms with van der Waals surface area (Å²) in [6, 6.07) is 9.38. The fourth-order valence-electron chi connectivity index (χ4n) is 4.21. The smallest absolute Gasteiger partial charge is 0.247 e. The van der Waals surface area contributed by atoms with Gasteiger partial charge in [0.15, 0.2) is 0 Å². The van der Waals surface area contributed by atoms with Crippen molar-refractivity contribution in [3.63, 3.8) is 0 Å². The Kier molecular flexibility index (Phi) is 6.28. The number of amides is 2. The molecule has 1 unspecified atom stereocenters. The Morgan fingerprint density at radius 2 is 1.83 bits per heavy atom. The molecule has 154 valence electrons. The molecule has 1 atom stereocenters. The van der Waals surface area contributed by atoms with Crippen LogP contribution in [0.15, 0.2) is 41.8 Å². The summed E-state index contributed by atoms with van der Waals surface area (Å²) in [4.78, 5) is 29.2. The van der Waals surface area contributed by atoms with Crippen LogP contribution in [0.25, 0.3) is 0 Å². The highest BCUT2D eigenvalue weighted by molar-refractivity contribution is 7.10. The van der Waals surface area contributed by atoms with E-state index in [-0.39, 0.29) is 35.9 Å². The zero-order chi connectivity index (χ0) is 20.2. The number of carbonyl (C=O) groups is 2. The van der Waals surface area contributed by atoms with Crippen LogP contribution in [0, 0.1) is 5.82 Å². The molecule has 2 aliphatic carbocycles. The number of carbonyl (C=O) groups excluding carboxylic acids is 2. The van der Waals surface area contributed by atoms with E-state index in [0.29, 0.717) is 0 Å². The van der Waals surface area contributed by atoms with E-state index in [0.717, 1.165) is 43.4 Å². The van der Waals surface area contributed by atoms with Gasteiger partial charge < -0.3 is 10.2 Å². The van der Waals surface area contributed by atoms with Gasteiger partial charge >= 0.3 is 0 Å². The molecule has 1 N–H and O–H groups in total. The predicted octanol–water partition coefficient (Wildman–Crippen LogP) is 4.61. The van der Waals surface area contributed by atoms with Crippen LogP contribution in [0.5, 0.6) is 0 Å². The Morgan fingerprint density at radius 1 is 1.07 bits per heavy atom. The minimum atomic E-state index is -0.918. The van der Waals surface area contributed by atoms with Crippen LogP contribution in [0.1, 0.15) is 61.4 Å². The van der Waals surface area contributed by atoms with Crippen molar-refractivity contribution in [2.75, 3.05) is 0 Å². The molecule has 2 aliphatic rings. The van der Waals surface area contributed by atoms with Gasteiger partial charge in [0.05, 0.1) is 6.42 Å². The second kappa shape index (κ2) is 9.08. The lowest BCUT2D eigenvalue weighted by Crippen LogP contribution is -2.48. The van der Waals surface area contributed by atoms with Gasteiger partial charge in [-0.2, -0.15) is 0 Å². The van der Waals surface area contributed by atoms with Gasteiger partial charge in [0, 0.05) is 22.5 Å². The van der Waals surface area contributed by atoms with Crippen LogP contribution < -0.4 is 5.32 Å². The van der Waals surface area contributed by atoms with Crippen LogP contribution in [0.2, 0.25) is 0 Å². The Morgan fingerprint density at radius 3 is 2.48 bits per heavy atom. The Labute approximate surface area is 175 Å². The van der Waals surface area contributed by atoms with Crippen LogP contribution in [-0.2, 0) is 16.0 Å². The van der Waals surface area contributed by atoms with E-state index in [1.54, 1.807) is 23.1 Å². The lowest BCUT2D eigenvalue weighted by molar-refractivity contribution is -0.141. The first-order valence-corrected chi connectivity index (χ1v) is 11.4. The van der Waals surface area contributed by atoms with Gasteiger partial charge in [0.2, 0.25) is 11.8 Å². The largest absolute Gasteiger partial charge is 0.351 e. The Balaban J connectivity index is 1.62. The minimum absolute atomic E-state index is 0.00387. The van der Waals surface area contributed by atoms with Crippen molar-refractivity contribution in [1.82, 2.24) is 10.2 Å². The highest BCUT2D eigenvalue weighted by atomic mass is 32.1. The second-order valence-corrected chi connectivity index (χ2v) is 9.09. The number of thiophene rings is 1. The molecule has 0 aliphatic heterocycles. The average Bonchev–Trinajstić information content (AvgIpc) is 3.43. The number of halogens is 1. The first-order valence-electron chi connectivity index (χ1n) is 10.5. The Hall–Kier alpha value is -2.21. The zero-order valence-corrected chi connectivity index (χ0v) is 17.3. The van der Waals surface area contributed by atoms with Crippen LogP contribution >= 0.6 is 11.3 Å². The molecule has 0 spiro atoms. The summed E-state index contributed by atoms with van der Waals surface area (Å²) >= 11 is 1.53. The van der Waals surface area contributed by atoms with Crippen molar-refractivity contribution in [1.29, 1.82) is 0 Å². The molecule has 4 rings (SSSR count). The molecule has 1 aromatic heterocycles. The number of hydrogen-bond acceptors (Lipinski definition) is 3.